The molecular formula is C17H21ClN2O3. The van der Waals surface area contributed by atoms with Crippen molar-refractivity contribution >= 4 is 18.3 Å². The van der Waals surface area contributed by atoms with Gasteiger partial charge in [-0.15, -0.1) is 12.4 Å². The summed E-state index contributed by atoms with van der Waals surface area (Å²) < 4.78 is 7.02. The van der Waals surface area contributed by atoms with E-state index in [1.165, 1.54) is 6.20 Å². The standard InChI is InChI=1S/C17H20N2O3.ClH/c1-10(2)19-9-14(17(18)21)16(20)15(11(19)3)12-5-7-13(22-4)8-6-12;/h5-10H,1-4H3,(H2,18,21);1H. The van der Waals surface area contributed by atoms with Crippen molar-refractivity contribution in [2.75, 3.05) is 7.11 Å². The lowest BCUT2D eigenvalue weighted by atomic mass is 10.0. The van der Waals surface area contributed by atoms with Gasteiger partial charge in [0.2, 0.25) is 5.43 Å². The zero-order chi connectivity index (χ0) is 16.4. The van der Waals surface area contributed by atoms with Crippen LogP contribution in [-0.2, 0) is 0 Å². The fourth-order valence-electron chi connectivity index (χ4n) is 2.53. The van der Waals surface area contributed by atoms with Crippen molar-refractivity contribution in [1.29, 1.82) is 0 Å². The molecule has 0 aliphatic heterocycles. The Balaban J connectivity index is 0.00000264. The van der Waals surface area contributed by atoms with Crippen molar-refractivity contribution in [2.45, 2.75) is 26.8 Å². The second kappa shape index (κ2) is 7.33. The summed E-state index contributed by atoms with van der Waals surface area (Å²) in [6.07, 6.45) is 1.54. The summed E-state index contributed by atoms with van der Waals surface area (Å²) in [5.41, 5.74) is 7.05. The normalized spacial score (nSPS) is 10.3. The molecule has 6 heteroatoms. The van der Waals surface area contributed by atoms with Crippen molar-refractivity contribution in [3.63, 3.8) is 0 Å². The van der Waals surface area contributed by atoms with Crippen LogP contribution < -0.4 is 15.9 Å². The number of nitrogens with two attached hydrogens (primary N) is 1. The number of primary amides is 1. The molecule has 5 nitrogen and oxygen atoms in total. The number of hydrogen-bond donors (Lipinski definition) is 1. The van der Waals surface area contributed by atoms with Gasteiger partial charge in [0.25, 0.3) is 5.91 Å². The van der Waals surface area contributed by atoms with Crippen molar-refractivity contribution in [2.24, 2.45) is 5.73 Å². The molecule has 2 N–H and O–H groups in total. The number of benzene rings is 1. The molecule has 0 radical (unpaired) electrons. The Morgan fingerprint density at radius 3 is 2.22 bits per heavy atom. The van der Waals surface area contributed by atoms with Crippen molar-refractivity contribution in [1.82, 2.24) is 4.57 Å². The molecule has 0 aliphatic carbocycles. The average Bonchev–Trinajstić information content (AvgIpc) is 2.47. The van der Waals surface area contributed by atoms with Gasteiger partial charge in [-0.1, -0.05) is 12.1 Å². The maximum atomic E-state index is 12.6. The Hall–Kier alpha value is -2.27. The molecule has 124 valence electrons. The molecular weight excluding hydrogens is 316 g/mol. The molecule has 0 bridgehead atoms. The van der Waals surface area contributed by atoms with Crippen molar-refractivity contribution in [3.8, 4) is 16.9 Å². The van der Waals surface area contributed by atoms with Crippen LogP contribution in [-0.4, -0.2) is 17.6 Å². The van der Waals surface area contributed by atoms with Gasteiger partial charge < -0.3 is 15.0 Å². The number of rotatable bonds is 4. The Kier molecular flexibility index (Phi) is 5.98. The van der Waals surface area contributed by atoms with Gasteiger partial charge in [-0.05, 0) is 38.5 Å². The van der Waals surface area contributed by atoms with E-state index in [9.17, 15) is 9.59 Å². The van der Waals surface area contributed by atoms with Crippen LogP contribution in [0.4, 0.5) is 0 Å². The molecule has 23 heavy (non-hydrogen) atoms. The smallest absolute Gasteiger partial charge is 0.254 e. The molecule has 0 unspecified atom stereocenters. The molecule has 1 aromatic carbocycles. The highest BCUT2D eigenvalue weighted by Gasteiger charge is 2.18. The number of aromatic nitrogens is 1. The lowest BCUT2D eigenvalue weighted by molar-refractivity contribution is 0.0998. The highest BCUT2D eigenvalue weighted by atomic mass is 35.5. The molecule has 0 saturated carbocycles. The summed E-state index contributed by atoms with van der Waals surface area (Å²) in [7, 11) is 1.58. The van der Waals surface area contributed by atoms with Gasteiger partial charge in [0.15, 0.2) is 0 Å². The number of methoxy groups -OCH3 is 1. The second-order valence-electron chi connectivity index (χ2n) is 5.43. The Bertz CT molecular complexity index is 765. The van der Waals surface area contributed by atoms with Gasteiger partial charge in [0.1, 0.15) is 11.3 Å². The van der Waals surface area contributed by atoms with E-state index in [1.807, 2.05) is 25.3 Å². The third kappa shape index (κ3) is 3.56. The first kappa shape index (κ1) is 18.8. The predicted molar refractivity (Wildman–Crippen MR) is 93.6 cm³/mol. The summed E-state index contributed by atoms with van der Waals surface area (Å²) in [6.45, 7) is 5.84. The van der Waals surface area contributed by atoms with Crippen LogP contribution in [0.2, 0.25) is 0 Å². The molecule has 1 heterocycles. The van der Waals surface area contributed by atoms with E-state index in [1.54, 1.807) is 31.4 Å². The fourth-order valence-corrected chi connectivity index (χ4v) is 2.53. The first-order valence-electron chi connectivity index (χ1n) is 7.06. The number of pyridine rings is 1. The van der Waals surface area contributed by atoms with E-state index in [4.69, 9.17) is 10.5 Å². The highest BCUT2D eigenvalue weighted by molar-refractivity contribution is 5.94. The van der Waals surface area contributed by atoms with Crippen LogP contribution in [0.5, 0.6) is 5.75 Å². The van der Waals surface area contributed by atoms with Gasteiger partial charge in [-0.2, -0.15) is 0 Å². The number of carbonyl (C=O) groups excluding carboxylic acids is 1. The molecule has 2 aromatic rings. The second-order valence-corrected chi connectivity index (χ2v) is 5.43. The van der Waals surface area contributed by atoms with Crippen molar-refractivity contribution < 1.29 is 9.53 Å². The first-order chi connectivity index (χ1) is 10.4. The first-order valence-corrected chi connectivity index (χ1v) is 7.06. The summed E-state index contributed by atoms with van der Waals surface area (Å²) in [5.74, 6) is -0.00851. The largest absolute Gasteiger partial charge is 0.497 e. The Morgan fingerprint density at radius 1 is 1.22 bits per heavy atom. The van der Waals surface area contributed by atoms with Crippen molar-refractivity contribution in [3.05, 3.63) is 51.9 Å². The van der Waals surface area contributed by atoms with Gasteiger partial charge >= 0.3 is 0 Å². The van der Waals surface area contributed by atoms with Crippen LogP contribution in [0.3, 0.4) is 0 Å². The molecule has 0 saturated heterocycles. The van der Waals surface area contributed by atoms with E-state index in [2.05, 4.69) is 0 Å². The summed E-state index contributed by atoms with van der Waals surface area (Å²) in [6, 6.07) is 7.28. The number of carbonyl (C=O) groups is 1. The number of hydrogen-bond acceptors (Lipinski definition) is 3. The van der Waals surface area contributed by atoms with E-state index in [0.29, 0.717) is 11.3 Å². The van der Waals surface area contributed by atoms with Crippen LogP contribution in [0.15, 0.2) is 35.3 Å². The molecule has 1 amide bonds. The monoisotopic (exact) mass is 336 g/mol. The van der Waals surface area contributed by atoms with Gasteiger partial charge in [-0.3, -0.25) is 9.59 Å². The summed E-state index contributed by atoms with van der Waals surface area (Å²) >= 11 is 0. The molecule has 2 rings (SSSR count). The lowest BCUT2D eigenvalue weighted by Gasteiger charge is -2.19. The lowest BCUT2D eigenvalue weighted by Crippen LogP contribution is -2.27. The SMILES string of the molecule is COc1ccc(-c2c(C)n(C(C)C)cc(C(N)=O)c2=O)cc1.Cl. The Labute approximate surface area is 141 Å². The quantitative estimate of drug-likeness (QED) is 0.932. The number of halogens is 1. The zero-order valence-electron chi connectivity index (χ0n) is 13.6. The van der Waals surface area contributed by atoms with E-state index in [-0.39, 0.29) is 29.4 Å². The van der Waals surface area contributed by atoms with Crippen LogP contribution in [0.25, 0.3) is 11.1 Å². The van der Waals surface area contributed by atoms with Gasteiger partial charge in [-0.25, -0.2) is 0 Å². The van der Waals surface area contributed by atoms with E-state index < -0.39 is 5.91 Å². The third-order valence-corrected chi connectivity index (χ3v) is 3.69. The minimum absolute atomic E-state index is 0. The molecule has 0 fully saturated rings. The molecule has 0 spiro atoms. The van der Waals surface area contributed by atoms with E-state index >= 15 is 0 Å². The van der Waals surface area contributed by atoms with Crippen LogP contribution in [0.1, 0.15) is 35.9 Å². The number of nitrogens with zero attached hydrogens (tertiary/aromatic N) is 1. The summed E-state index contributed by atoms with van der Waals surface area (Å²) in [5, 5.41) is 0. The van der Waals surface area contributed by atoms with Crippen LogP contribution >= 0.6 is 12.4 Å². The number of amides is 1. The highest BCUT2D eigenvalue weighted by Crippen LogP contribution is 2.24. The van der Waals surface area contributed by atoms with Gasteiger partial charge in [0, 0.05) is 23.5 Å². The third-order valence-electron chi connectivity index (χ3n) is 3.69. The molecule has 1 aromatic heterocycles. The molecule has 0 aliphatic rings. The van der Waals surface area contributed by atoms with E-state index in [0.717, 1.165) is 11.3 Å². The zero-order valence-corrected chi connectivity index (χ0v) is 14.4. The fraction of sp³-hybridized carbons (Fsp3) is 0.294. The average molecular weight is 337 g/mol. The Morgan fingerprint density at radius 2 is 1.78 bits per heavy atom. The van der Waals surface area contributed by atoms with Crippen LogP contribution in [0, 0.1) is 6.92 Å². The minimum Gasteiger partial charge on any atom is -0.497 e. The summed E-state index contributed by atoms with van der Waals surface area (Å²) in [4.78, 5) is 24.2. The molecule has 0 atom stereocenters. The maximum absolute atomic E-state index is 12.6. The van der Waals surface area contributed by atoms with Gasteiger partial charge in [0.05, 0.1) is 7.11 Å². The topological polar surface area (TPSA) is 74.3 Å². The maximum Gasteiger partial charge on any atom is 0.254 e. The minimum atomic E-state index is -0.714. The predicted octanol–water partition coefficient (Wildman–Crippen LogP) is 2.93. The number of ether oxygens (including phenoxy) is 1.